The van der Waals surface area contributed by atoms with E-state index in [1.165, 1.54) is 0 Å². The minimum atomic E-state index is -0.181. The van der Waals surface area contributed by atoms with Gasteiger partial charge >= 0.3 is 0 Å². The van der Waals surface area contributed by atoms with Crippen LogP contribution in [0.3, 0.4) is 0 Å². The molecule has 0 heterocycles. The number of nitrogens with one attached hydrogen (secondary N) is 1. The monoisotopic (exact) mass is 299 g/mol. The van der Waals surface area contributed by atoms with Gasteiger partial charge in [0.1, 0.15) is 0 Å². The van der Waals surface area contributed by atoms with Crippen LogP contribution in [0, 0.1) is 0 Å². The maximum Gasteiger partial charge on any atom is 0.220 e. The van der Waals surface area contributed by atoms with Crippen LogP contribution in [0.5, 0.6) is 0 Å². The Hall–Kier alpha value is -0.870. The highest BCUT2D eigenvalue weighted by Gasteiger charge is 2.12. The number of hydrogen-bond donors (Lipinski definition) is 2. The number of halogens is 1. The zero-order chi connectivity index (χ0) is 12.8. The molecule has 4 heteroatoms. The molecule has 0 aliphatic heterocycles. The van der Waals surface area contributed by atoms with Crippen LogP contribution in [0.4, 0.5) is 0 Å². The van der Waals surface area contributed by atoms with Crippen molar-refractivity contribution in [3.05, 3.63) is 34.3 Å². The van der Waals surface area contributed by atoms with E-state index in [4.69, 9.17) is 5.11 Å². The van der Waals surface area contributed by atoms with Crippen molar-refractivity contribution in [2.45, 2.75) is 32.2 Å². The first-order valence-electron chi connectivity index (χ1n) is 5.68. The molecule has 0 fully saturated rings. The molecule has 0 radical (unpaired) electrons. The number of carbonyl (C=O) groups is 1. The Labute approximate surface area is 110 Å². The number of aliphatic hydroxyl groups is 1. The molecule has 0 aliphatic carbocycles. The molecule has 0 aromatic heterocycles. The third-order valence-electron chi connectivity index (χ3n) is 2.61. The van der Waals surface area contributed by atoms with Crippen LogP contribution in [-0.4, -0.2) is 23.7 Å². The summed E-state index contributed by atoms with van der Waals surface area (Å²) in [5, 5.41) is 11.6. The lowest BCUT2D eigenvalue weighted by Crippen LogP contribution is -2.35. The normalized spacial score (nSPS) is 14.1. The fourth-order valence-electron chi connectivity index (χ4n) is 1.57. The summed E-state index contributed by atoms with van der Waals surface area (Å²) in [6.07, 6.45) is 0.436. The van der Waals surface area contributed by atoms with Crippen LogP contribution in [-0.2, 0) is 4.79 Å². The van der Waals surface area contributed by atoms with E-state index in [1.807, 2.05) is 31.2 Å². The lowest BCUT2D eigenvalue weighted by atomic mass is 9.97. The fourth-order valence-corrected chi connectivity index (χ4v) is 1.83. The summed E-state index contributed by atoms with van der Waals surface area (Å²) in [5.74, 6) is 0.149. The first-order valence-corrected chi connectivity index (χ1v) is 6.48. The van der Waals surface area contributed by atoms with Crippen LogP contribution in [0.25, 0.3) is 0 Å². The topological polar surface area (TPSA) is 49.3 Å². The van der Waals surface area contributed by atoms with Crippen molar-refractivity contribution in [1.82, 2.24) is 5.32 Å². The van der Waals surface area contributed by atoms with Gasteiger partial charge in [0, 0.05) is 16.9 Å². The van der Waals surface area contributed by atoms with E-state index in [0.29, 0.717) is 6.42 Å². The Kier molecular flexibility index (Phi) is 5.65. The summed E-state index contributed by atoms with van der Waals surface area (Å²) in [4.78, 5) is 11.6. The van der Waals surface area contributed by atoms with Gasteiger partial charge in [0.15, 0.2) is 0 Å². The predicted octanol–water partition coefficient (Wildman–Crippen LogP) is 2.44. The standard InChI is InChI=1S/C13H18BrNO2/c1-9(7-13(17)15-10(2)8-16)11-3-5-12(14)6-4-11/h3-6,9-10,16H,7-8H2,1-2H3,(H,15,17)/t9?,10-/m0/s1. The summed E-state index contributed by atoms with van der Waals surface area (Å²) in [7, 11) is 0. The first kappa shape index (κ1) is 14.2. The Morgan fingerprint density at radius 1 is 1.35 bits per heavy atom. The number of amides is 1. The van der Waals surface area contributed by atoms with Crippen molar-refractivity contribution in [2.75, 3.05) is 6.61 Å². The third kappa shape index (κ3) is 4.88. The van der Waals surface area contributed by atoms with Crippen molar-refractivity contribution < 1.29 is 9.90 Å². The highest BCUT2D eigenvalue weighted by molar-refractivity contribution is 9.10. The Balaban J connectivity index is 2.51. The highest BCUT2D eigenvalue weighted by Crippen LogP contribution is 2.21. The molecule has 0 saturated heterocycles. The van der Waals surface area contributed by atoms with E-state index in [-0.39, 0.29) is 24.5 Å². The molecule has 3 nitrogen and oxygen atoms in total. The molecule has 0 saturated carbocycles. The van der Waals surface area contributed by atoms with Gasteiger partial charge in [-0.3, -0.25) is 4.79 Å². The SMILES string of the molecule is CC(CC(=O)N[C@@H](C)CO)c1ccc(Br)cc1. The highest BCUT2D eigenvalue weighted by atomic mass is 79.9. The number of hydrogen-bond acceptors (Lipinski definition) is 2. The third-order valence-corrected chi connectivity index (χ3v) is 3.14. The second-order valence-corrected chi connectivity index (χ2v) is 5.22. The van der Waals surface area contributed by atoms with Crippen LogP contribution < -0.4 is 5.32 Å². The van der Waals surface area contributed by atoms with E-state index in [0.717, 1.165) is 10.0 Å². The second-order valence-electron chi connectivity index (χ2n) is 4.31. The van der Waals surface area contributed by atoms with Crippen molar-refractivity contribution in [2.24, 2.45) is 0 Å². The molecule has 1 unspecified atom stereocenters. The average molecular weight is 300 g/mol. The van der Waals surface area contributed by atoms with Crippen molar-refractivity contribution in [3.63, 3.8) is 0 Å². The van der Waals surface area contributed by atoms with Gasteiger partial charge in [-0.1, -0.05) is 35.0 Å². The Morgan fingerprint density at radius 2 is 1.94 bits per heavy atom. The van der Waals surface area contributed by atoms with Gasteiger partial charge < -0.3 is 10.4 Å². The molecular weight excluding hydrogens is 282 g/mol. The minimum Gasteiger partial charge on any atom is -0.394 e. The van der Waals surface area contributed by atoms with Crippen LogP contribution in [0.2, 0.25) is 0 Å². The maximum atomic E-state index is 11.6. The fraction of sp³-hybridized carbons (Fsp3) is 0.462. The number of carbonyl (C=O) groups excluding carboxylic acids is 1. The molecule has 1 rings (SSSR count). The van der Waals surface area contributed by atoms with E-state index < -0.39 is 0 Å². The predicted molar refractivity (Wildman–Crippen MR) is 71.9 cm³/mol. The quantitative estimate of drug-likeness (QED) is 0.877. The van der Waals surface area contributed by atoms with Crippen LogP contribution >= 0.6 is 15.9 Å². The zero-order valence-corrected chi connectivity index (χ0v) is 11.7. The average Bonchev–Trinajstić information content (AvgIpc) is 2.29. The zero-order valence-electron chi connectivity index (χ0n) is 10.1. The molecular formula is C13H18BrNO2. The lowest BCUT2D eigenvalue weighted by molar-refractivity contribution is -0.122. The van der Waals surface area contributed by atoms with Gasteiger partial charge in [-0.2, -0.15) is 0 Å². The summed E-state index contributed by atoms with van der Waals surface area (Å²) in [6, 6.07) is 7.79. The lowest BCUT2D eigenvalue weighted by Gasteiger charge is -2.15. The van der Waals surface area contributed by atoms with Crippen molar-refractivity contribution >= 4 is 21.8 Å². The minimum absolute atomic E-state index is 0.0260. The molecule has 2 atom stereocenters. The molecule has 0 aliphatic rings. The molecule has 17 heavy (non-hydrogen) atoms. The molecule has 0 spiro atoms. The van der Waals surface area contributed by atoms with Crippen LogP contribution in [0.1, 0.15) is 31.7 Å². The van der Waals surface area contributed by atoms with E-state index in [1.54, 1.807) is 6.92 Å². The van der Waals surface area contributed by atoms with Gasteiger partial charge in [-0.25, -0.2) is 0 Å². The van der Waals surface area contributed by atoms with Crippen molar-refractivity contribution in [3.8, 4) is 0 Å². The summed E-state index contributed by atoms with van der Waals surface area (Å²) >= 11 is 3.38. The van der Waals surface area contributed by atoms with Gasteiger partial charge in [-0.15, -0.1) is 0 Å². The van der Waals surface area contributed by atoms with Gasteiger partial charge in [0.25, 0.3) is 0 Å². The van der Waals surface area contributed by atoms with Crippen molar-refractivity contribution in [1.29, 1.82) is 0 Å². The Morgan fingerprint density at radius 3 is 2.47 bits per heavy atom. The number of benzene rings is 1. The van der Waals surface area contributed by atoms with E-state index in [9.17, 15) is 4.79 Å². The molecule has 94 valence electrons. The molecule has 0 bridgehead atoms. The Bertz CT molecular complexity index is 364. The van der Waals surface area contributed by atoms with Gasteiger partial charge in [-0.05, 0) is 30.5 Å². The second kappa shape index (κ2) is 6.77. The molecule has 1 amide bonds. The largest absolute Gasteiger partial charge is 0.394 e. The number of aliphatic hydroxyl groups excluding tert-OH is 1. The molecule has 2 N–H and O–H groups in total. The summed E-state index contributed by atoms with van der Waals surface area (Å²) in [6.45, 7) is 3.77. The molecule has 1 aromatic rings. The van der Waals surface area contributed by atoms with E-state index in [2.05, 4.69) is 21.2 Å². The number of rotatable bonds is 5. The van der Waals surface area contributed by atoms with Crippen LogP contribution in [0.15, 0.2) is 28.7 Å². The van der Waals surface area contributed by atoms with E-state index >= 15 is 0 Å². The first-order chi connectivity index (χ1) is 8.02. The summed E-state index contributed by atoms with van der Waals surface area (Å²) in [5.41, 5.74) is 1.14. The van der Waals surface area contributed by atoms with Gasteiger partial charge in [0.05, 0.1) is 6.61 Å². The summed E-state index contributed by atoms with van der Waals surface area (Å²) < 4.78 is 1.03. The smallest absolute Gasteiger partial charge is 0.220 e. The molecule has 1 aromatic carbocycles. The maximum absolute atomic E-state index is 11.6. The van der Waals surface area contributed by atoms with Gasteiger partial charge in [0.2, 0.25) is 5.91 Å².